The summed E-state index contributed by atoms with van der Waals surface area (Å²) in [5.74, 6) is -0.758. The largest absolute Gasteiger partial charge is 0.394 e. The molecule has 1 amide bonds. The van der Waals surface area contributed by atoms with E-state index in [2.05, 4.69) is 5.32 Å². The number of carbonyl (C=O) groups is 1. The third-order valence-electron chi connectivity index (χ3n) is 10.7. The predicted molar refractivity (Wildman–Crippen MR) is 177 cm³/mol. The Morgan fingerprint density at radius 2 is 0.810 bits per heavy atom. The summed E-state index contributed by atoms with van der Waals surface area (Å²) in [6.07, 6.45) is -42.5. The second-order valence-corrected chi connectivity index (χ2v) is 14.7. The van der Waals surface area contributed by atoms with Crippen LogP contribution in [0.1, 0.15) is 13.8 Å². The molecular weight excluding hydrogens is 798 g/mol. The molecule has 0 bridgehead atoms. The van der Waals surface area contributed by atoms with E-state index in [1.165, 1.54) is 6.92 Å². The van der Waals surface area contributed by atoms with Crippen molar-refractivity contribution >= 4 is 5.91 Å². The molecule has 26 nitrogen and oxygen atoms in total. The van der Waals surface area contributed by atoms with Crippen LogP contribution in [0.2, 0.25) is 0 Å². The lowest BCUT2D eigenvalue weighted by Gasteiger charge is -2.50. The quantitative estimate of drug-likeness (QED) is 0.0818. The van der Waals surface area contributed by atoms with Gasteiger partial charge in [-0.3, -0.25) is 4.79 Å². The zero-order valence-corrected chi connectivity index (χ0v) is 31.1. The molecule has 0 saturated carbocycles. The van der Waals surface area contributed by atoms with Gasteiger partial charge in [-0.2, -0.15) is 0 Å². The molecule has 58 heavy (non-hydrogen) atoms. The number of aliphatic hydroxyl groups is 15. The van der Waals surface area contributed by atoms with Crippen LogP contribution < -0.4 is 5.32 Å². The summed E-state index contributed by atoms with van der Waals surface area (Å²) >= 11 is 0. The summed E-state index contributed by atoms with van der Waals surface area (Å²) in [5, 5.41) is 159. The molecule has 5 heterocycles. The van der Waals surface area contributed by atoms with Gasteiger partial charge in [0.05, 0.1) is 32.5 Å². The van der Waals surface area contributed by atoms with E-state index in [0.717, 1.165) is 6.92 Å². The molecule has 0 radical (unpaired) electrons. The minimum atomic E-state index is -2.11. The second kappa shape index (κ2) is 20.1. The highest BCUT2D eigenvalue weighted by atomic mass is 16.8. The lowest BCUT2D eigenvalue weighted by Crippen LogP contribution is -2.70. The van der Waals surface area contributed by atoms with Gasteiger partial charge in [-0.15, -0.1) is 0 Å². The van der Waals surface area contributed by atoms with E-state index >= 15 is 0 Å². The van der Waals surface area contributed by atoms with Gasteiger partial charge in [0.15, 0.2) is 31.5 Å². The Balaban J connectivity index is 1.35. The fourth-order valence-electron chi connectivity index (χ4n) is 7.40. The van der Waals surface area contributed by atoms with Crippen molar-refractivity contribution in [1.29, 1.82) is 0 Å². The molecule has 5 aliphatic rings. The van der Waals surface area contributed by atoms with E-state index in [1.807, 2.05) is 0 Å². The molecule has 0 aliphatic carbocycles. The molecule has 5 fully saturated rings. The van der Waals surface area contributed by atoms with Gasteiger partial charge in [0.25, 0.3) is 0 Å². The summed E-state index contributed by atoms with van der Waals surface area (Å²) in [6, 6.07) is -1.61. The molecule has 1 unspecified atom stereocenters. The van der Waals surface area contributed by atoms with Crippen LogP contribution in [0.15, 0.2) is 0 Å². The highest BCUT2D eigenvalue weighted by Gasteiger charge is 2.56. The molecule has 25 atom stereocenters. The van der Waals surface area contributed by atoms with Gasteiger partial charge in [-0.1, -0.05) is 0 Å². The Morgan fingerprint density at radius 3 is 1.28 bits per heavy atom. The number of hydrogen-bond donors (Lipinski definition) is 16. The van der Waals surface area contributed by atoms with Crippen LogP contribution in [0.3, 0.4) is 0 Å². The van der Waals surface area contributed by atoms with Gasteiger partial charge >= 0.3 is 0 Å². The first-order valence-electron chi connectivity index (χ1n) is 18.5. The van der Waals surface area contributed by atoms with Crippen LogP contribution >= 0.6 is 0 Å². The van der Waals surface area contributed by atoms with E-state index in [1.54, 1.807) is 0 Å². The first kappa shape index (κ1) is 47.6. The number of aliphatic hydroxyl groups excluding tert-OH is 15. The molecule has 0 aromatic heterocycles. The topological polar surface area (TPSA) is 416 Å². The number of nitrogens with one attached hydrogen (secondary N) is 1. The predicted octanol–water partition coefficient (Wildman–Crippen LogP) is -10.8. The molecule has 16 N–H and O–H groups in total. The van der Waals surface area contributed by atoms with Gasteiger partial charge < -0.3 is 125 Å². The van der Waals surface area contributed by atoms with Gasteiger partial charge in [0, 0.05) is 6.92 Å². The van der Waals surface area contributed by atoms with E-state index in [0.29, 0.717) is 0 Å². The highest BCUT2D eigenvalue weighted by molar-refractivity contribution is 5.73. The third-order valence-corrected chi connectivity index (χ3v) is 10.7. The van der Waals surface area contributed by atoms with Crippen molar-refractivity contribution in [3.63, 3.8) is 0 Å². The zero-order valence-electron chi connectivity index (χ0n) is 31.1. The monoisotopic (exact) mass is 853 g/mol. The maximum Gasteiger partial charge on any atom is 0.217 e. The van der Waals surface area contributed by atoms with Crippen molar-refractivity contribution in [2.45, 2.75) is 167 Å². The molecule has 338 valence electrons. The van der Waals surface area contributed by atoms with E-state index < -0.39 is 186 Å². The average Bonchev–Trinajstić information content (AvgIpc) is 3.19. The van der Waals surface area contributed by atoms with Crippen molar-refractivity contribution in [1.82, 2.24) is 5.32 Å². The first-order chi connectivity index (χ1) is 27.4. The molecule has 5 rings (SSSR count). The summed E-state index contributed by atoms with van der Waals surface area (Å²) in [5.41, 5.74) is 0. The lowest BCUT2D eigenvalue weighted by atomic mass is 9.94. The summed E-state index contributed by atoms with van der Waals surface area (Å²) in [4.78, 5) is 12.3. The molecule has 0 aromatic carbocycles. The van der Waals surface area contributed by atoms with Crippen molar-refractivity contribution in [2.24, 2.45) is 0 Å². The average molecular weight is 854 g/mol. The Kier molecular flexibility index (Phi) is 16.5. The number of rotatable bonds is 13. The third kappa shape index (κ3) is 9.75. The maximum absolute atomic E-state index is 12.3. The van der Waals surface area contributed by atoms with Gasteiger partial charge in [0.2, 0.25) is 5.91 Å². The highest BCUT2D eigenvalue weighted by Crippen LogP contribution is 2.36. The van der Waals surface area contributed by atoms with Crippen molar-refractivity contribution < 1.29 is 124 Å². The van der Waals surface area contributed by atoms with Crippen LogP contribution in [-0.4, -0.2) is 262 Å². The van der Waals surface area contributed by atoms with E-state index in [4.69, 9.17) is 42.6 Å². The Labute approximate surface area is 329 Å². The molecule has 5 saturated heterocycles. The lowest BCUT2D eigenvalue weighted by molar-refractivity contribution is -0.389. The van der Waals surface area contributed by atoms with Crippen LogP contribution in [0, 0.1) is 0 Å². The molecular formula is C32H55NO25. The van der Waals surface area contributed by atoms with Crippen molar-refractivity contribution in [3.05, 3.63) is 0 Å². The standard InChI is InChI=1S/C32H55NO25/c1-7-24(55-30-20(45)16(41)14(39)9(3-34)52-30)18(43)22(47)29(50-7)58-27-13(33-8(2)38)28(49)51-12(6-37)26(27)57-32-23(48)19(44)25(11(5-36)54-32)56-31-21(46)17(42)15(40)10(4-35)53-31/h7,9-32,34-37,39-49H,3-6H2,1-2H3,(H,33,38)/t7-,9+,10+,11+,12+,13+,14+,15+,16-,17-,18-,19+,20+,21+,22+,23+,24-,25+,26+,27+,28?,29-,30-,31-,32-/m0/s1. The molecule has 0 spiro atoms. The summed E-state index contributed by atoms with van der Waals surface area (Å²) in [6.45, 7) is -1.10. The zero-order chi connectivity index (χ0) is 42.9. The normalized spacial score (nSPS) is 51.6. The minimum Gasteiger partial charge on any atom is -0.394 e. The SMILES string of the molecule is CC(=O)N[C@H]1C(O)O[C@H](CO)[C@@H](O[C@@H]2O[C@H](CO)[C@@H](O[C@@H]3O[C@H](CO)[C@@H](O)[C@H](O)[C@H]3O)[C@H](O)[C@H]2O)[C@@H]1O[C@@H]1O[C@@H](C)[C@H](O[C@@H]2O[C@H](CO)[C@@H](O)[C@H](O)[C@H]2O)[C@@H](O)[C@H]1O. The smallest absolute Gasteiger partial charge is 0.217 e. The Morgan fingerprint density at radius 1 is 0.448 bits per heavy atom. The fraction of sp³-hybridized carbons (Fsp3) is 0.969. The maximum atomic E-state index is 12.3. The van der Waals surface area contributed by atoms with Gasteiger partial charge in [-0.25, -0.2) is 0 Å². The number of amides is 1. The fourth-order valence-corrected chi connectivity index (χ4v) is 7.40. The van der Waals surface area contributed by atoms with Crippen LogP contribution in [-0.2, 0) is 47.4 Å². The van der Waals surface area contributed by atoms with Crippen molar-refractivity contribution in [3.8, 4) is 0 Å². The van der Waals surface area contributed by atoms with Gasteiger partial charge in [0.1, 0.15) is 116 Å². The molecule has 5 aliphatic heterocycles. The van der Waals surface area contributed by atoms with Crippen LogP contribution in [0.5, 0.6) is 0 Å². The molecule has 0 aromatic rings. The van der Waals surface area contributed by atoms with Crippen LogP contribution in [0.4, 0.5) is 0 Å². The van der Waals surface area contributed by atoms with E-state index in [-0.39, 0.29) is 0 Å². The Bertz CT molecular complexity index is 1300. The minimum absolute atomic E-state index is 0.758. The first-order valence-corrected chi connectivity index (χ1v) is 18.5. The second-order valence-electron chi connectivity index (χ2n) is 14.7. The van der Waals surface area contributed by atoms with Crippen LogP contribution in [0.25, 0.3) is 0 Å². The number of carbonyl (C=O) groups excluding carboxylic acids is 1. The van der Waals surface area contributed by atoms with Crippen molar-refractivity contribution in [2.75, 3.05) is 26.4 Å². The Hall–Kier alpha value is -1.49. The molecule has 26 heteroatoms. The number of hydrogen-bond acceptors (Lipinski definition) is 25. The van der Waals surface area contributed by atoms with E-state index in [9.17, 15) is 81.4 Å². The van der Waals surface area contributed by atoms with Gasteiger partial charge in [-0.05, 0) is 6.92 Å². The summed E-state index contributed by atoms with van der Waals surface area (Å²) in [7, 11) is 0. The summed E-state index contributed by atoms with van der Waals surface area (Å²) < 4.78 is 50.8. The number of ether oxygens (including phenoxy) is 9.